The molecule has 0 bridgehead atoms. The van der Waals surface area contributed by atoms with Gasteiger partial charge in [0.25, 0.3) is 0 Å². The van der Waals surface area contributed by atoms with E-state index in [4.69, 9.17) is 16.7 Å². The summed E-state index contributed by atoms with van der Waals surface area (Å²) in [6.07, 6.45) is 0.594. The van der Waals surface area contributed by atoms with Crippen LogP contribution in [0.3, 0.4) is 0 Å². The number of hydrogen-bond donors (Lipinski definition) is 1. The van der Waals surface area contributed by atoms with E-state index in [0.29, 0.717) is 0 Å². The molecule has 0 aromatic rings. The maximum absolute atomic E-state index is 10.7. The lowest BCUT2D eigenvalue weighted by atomic mass is 10.3. The van der Waals surface area contributed by atoms with Crippen LogP contribution < -0.4 is 0 Å². The molecule has 0 rings (SSSR count). The van der Waals surface area contributed by atoms with Crippen LogP contribution in [0.1, 0.15) is 6.42 Å². The van der Waals surface area contributed by atoms with Gasteiger partial charge < -0.3 is 9.84 Å². The van der Waals surface area contributed by atoms with E-state index in [1.54, 1.807) is 0 Å². The van der Waals surface area contributed by atoms with Gasteiger partial charge in [-0.3, -0.25) is 4.79 Å². The van der Waals surface area contributed by atoms with Gasteiger partial charge in [0.2, 0.25) is 0 Å². The zero-order valence-corrected chi connectivity index (χ0v) is 6.88. The molecule has 4 heteroatoms. The third-order valence-electron chi connectivity index (χ3n) is 0.943. The number of alkyl halides is 1. The van der Waals surface area contributed by atoms with E-state index in [0.717, 1.165) is 0 Å². The van der Waals surface area contributed by atoms with Crippen molar-refractivity contribution in [1.29, 1.82) is 0 Å². The fraction of sp³-hybridized carbons (Fsp3) is 0.571. The lowest BCUT2D eigenvalue weighted by Gasteiger charge is -2.04. The summed E-state index contributed by atoms with van der Waals surface area (Å²) in [5.74, 6) is -0.415. The molecular formula is C7H11ClO3. The van der Waals surface area contributed by atoms with Gasteiger partial charge in [0.1, 0.15) is 6.61 Å². The van der Waals surface area contributed by atoms with E-state index >= 15 is 0 Å². The number of ether oxygens (including phenoxy) is 1. The zero-order valence-electron chi connectivity index (χ0n) is 6.12. The van der Waals surface area contributed by atoms with E-state index < -0.39 is 12.1 Å². The quantitative estimate of drug-likeness (QED) is 0.383. The molecule has 0 heterocycles. The Morgan fingerprint density at radius 3 is 2.91 bits per heavy atom. The van der Waals surface area contributed by atoms with Crippen molar-refractivity contribution >= 4 is 17.6 Å². The highest BCUT2D eigenvalue weighted by molar-refractivity contribution is 6.18. The van der Waals surface area contributed by atoms with Gasteiger partial charge in [-0.1, -0.05) is 12.7 Å². The molecule has 1 atom stereocenters. The summed E-state index contributed by atoms with van der Waals surface area (Å²) in [5, 5.41) is 8.87. The minimum atomic E-state index is -0.811. The summed E-state index contributed by atoms with van der Waals surface area (Å²) in [7, 11) is 0. The second-order valence-electron chi connectivity index (χ2n) is 1.98. The number of aliphatic hydroxyl groups excluding tert-OH is 1. The molecule has 3 nitrogen and oxygen atoms in total. The number of hydrogen-bond acceptors (Lipinski definition) is 3. The second-order valence-corrected chi connectivity index (χ2v) is 2.29. The Kier molecular flexibility index (Phi) is 5.88. The van der Waals surface area contributed by atoms with Crippen molar-refractivity contribution in [2.75, 3.05) is 12.5 Å². The first-order chi connectivity index (χ1) is 5.20. The summed E-state index contributed by atoms with van der Waals surface area (Å²) in [5.41, 5.74) is 0. The predicted molar refractivity (Wildman–Crippen MR) is 42.5 cm³/mol. The van der Waals surface area contributed by atoms with Crippen LogP contribution in [0.15, 0.2) is 12.7 Å². The Balaban J connectivity index is 3.43. The molecule has 0 aliphatic carbocycles. The number of carbonyl (C=O) groups is 1. The molecule has 64 valence electrons. The first kappa shape index (κ1) is 10.5. The summed E-state index contributed by atoms with van der Waals surface area (Å²) >= 11 is 5.25. The second kappa shape index (κ2) is 6.19. The Labute approximate surface area is 70.6 Å². The van der Waals surface area contributed by atoms with Crippen molar-refractivity contribution in [2.24, 2.45) is 0 Å². The van der Waals surface area contributed by atoms with Crippen molar-refractivity contribution in [3.63, 3.8) is 0 Å². The molecule has 0 aromatic carbocycles. The molecule has 0 aromatic heterocycles. The fourth-order valence-electron chi connectivity index (χ4n) is 0.458. The normalized spacial score (nSPS) is 12.2. The van der Waals surface area contributed by atoms with Gasteiger partial charge in [0, 0.05) is 5.88 Å². The van der Waals surface area contributed by atoms with Crippen LogP contribution in [-0.4, -0.2) is 29.7 Å². The minimum Gasteiger partial charge on any atom is -0.461 e. The lowest BCUT2D eigenvalue weighted by Crippen LogP contribution is -2.16. The molecule has 1 unspecified atom stereocenters. The van der Waals surface area contributed by atoms with Crippen LogP contribution in [0.2, 0.25) is 0 Å². The SMILES string of the molecule is C=CCOC(=O)CC(O)CCl. The Bertz CT molecular complexity index is 136. The van der Waals surface area contributed by atoms with Crippen molar-refractivity contribution in [1.82, 2.24) is 0 Å². The highest BCUT2D eigenvalue weighted by Crippen LogP contribution is 1.96. The van der Waals surface area contributed by atoms with Crippen LogP contribution >= 0.6 is 11.6 Å². The van der Waals surface area contributed by atoms with Crippen molar-refractivity contribution < 1.29 is 14.6 Å². The van der Waals surface area contributed by atoms with E-state index in [-0.39, 0.29) is 18.9 Å². The number of esters is 1. The molecular weight excluding hydrogens is 168 g/mol. The molecule has 0 aliphatic rings. The van der Waals surface area contributed by atoms with Gasteiger partial charge in [0.15, 0.2) is 0 Å². The van der Waals surface area contributed by atoms with E-state index in [1.807, 2.05) is 0 Å². The molecule has 0 aliphatic heterocycles. The predicted octanol–water partition coefficient (Wildman–Crippen LogP) is 0.705. The van der Waals surface area contributed by atoms with E-state index in [9.17, 15) is 4.79 Å². The maximum atomic E-state index is 10.7. The summed E-state index contributed by atoms with van der Waals surface area (Å²) < 4.78 is 4.59. The minimum absolute atomic E-state index is 0.0448. The summed E-state index contributed by atoms with van der Waals surface area (Å²) in [4.78, 5) is 10.7. The van der Waals surface area contributed by atoms with Gasteiger partial charge in [-0.2, -0.15) is 0 Å². The third kappa shape index (κ3) is 5.88. The highest BCUT2D eigenvalue weighted by atomic mass is 35.5. The fourth-order valence-corrected chi connectivity index (χ4v) is 0.567. The number of aliphatic hydroxyl groups is 1. The van der Waals surface area contributed by atoms with Crippen LogP contribution in [0.5, 0.6) is 0 Å². The molecule has 0 amide bonds. The van der Waals surface area contributed by atoms with E-state index in [2.05, 4.69) is 11.3 Å². The summed E-state index contributed by atoms with van der Waals surface area (Å²) in [6.45, 7) is 3.54. The van der Waals surface area contributed by atoms with Crippen LogP contribution in [0.4, 0.5) is 0 Å². The topological polar surface area (TPSA) is 46.5 Å². The molecule has 0 saturated heterocycles. The van der Waals surface area contributed by atoms with Crippen LogP contribution in [0.25, 0.3) is 0 Å². The third-order valence-corrected chi connectivity index (χ3v) is 1.30. The van der Waals surface area contributed by atoms with Gasteiger partial charge in [-0.25, -0.2) is 0 Å². The van der Waals surface area contributed by atoms with Crippen LogP contribution in [0, 0.1) is 0 Å². The molecule has 1 N–H and O–H groups in total. The van der Waals surface area contributed by atoms with Gasteiger partial charge in [-0.15, -0.1) is 11.6 Å². The van der Waals surface area contributed by atoms with Crippen molar-refractivity contribution in [3.8, 4) is 0 Å². The lowest BCUT2D eigenvalue weighted by molar-refractivity contribution is -0.144. The smallest absolute Gasteiger partial charge is 0.308 e. The monoisotopic (exact) mass is 178 g/mol. The number of rotatable bonds is 5. The summed E-state index contributed by atoms with van der Waals surface area (Å²) in [6, 6.07) is 0. The average molecular weight is 179 g/mol. The molecule has 11 heavy (non-hydrogen) atoms. The Hall–Kier alpha value is -0.540. The molecule has 0 spiro atoms. The standard InChI is InChI=1S/C7H11ClO3/c1-2-3-11-7(10)4-6(9)5-8/h2,6,9H,1,3-5H2. The number of halogens is 1. The molecule has 0 fully saturated rings. The van der Waals surface area contributed by atoms with Gasteiger partial charge >= 0.3 is 5.97 Å². The number of carbonyl (C=O) groups excluding carboxylic acids is 1. The van der Waals surface area contributed by atoms with Gasteiger partial charge in [0.05, 0.1) is 12.5 Å². The first-order valence-corrected chi connectivity index (χ1v) is 3.74. The van der Waals surface area contributed by atoms with Gasteiger partial charge in [-0.05, 0) is 0 Å². The Morgan fingerprint density at radius 1 is 1.82 bits per heavy atom. The van der Waals surface area contributed by atoms with Crippen molar-refractivity contribution in [2.45, 2.75) is 12.5 Å². The highest BCUT2D eigenvalue weighted by Gasteiger charge is 2.09. The van der Waals surface area contributed by atoms with Crippen molar-refractivity contribution in [3.05, 3.63) is 12.7 Å². The average Bonchev–Trinajstić information content (AvgIpc) is 2.00. The largest absolute Gasteiger partial charge is 0.461 e. The first-order valence-electron chi connectivity index (χ1n) is 3.21. The Morgan fingerprint density at radius 2 is 2.45 bits per heavy atom. The molecule has 0 radical (unpaired) electrons. The molecule has 0 saturated carbocycles. The maximum Gasteiger partial charge on any atom is 0.308 e. The van der Waals surface area contributed by atoms with E-state index in [1.165, 1.54) is 6.08 Å². The van der Waals surface area contributed by atoms with Crippen LogP contribution in [-0.2, 0) is 9.53 Å². The zero-order chi connectivity index (χ0) is 8.69.